The quantitative estimate of drug-likeness (QED) is 0.612. The van der Waals surface area contributed by atoms with E-state index in [1.54, 1.807) is 24.1 Å². The molecule has 1 aliphatic rings. The lowest BCUT2D eigenvalue weighted by Crippen LogP contribution is -2.44. The molecule has 0 radical (unpaired) electrons. The Morgan fingerprint density at radius 3 is 2.74 bits per heavy atom. The molecular formula is C21H32F2N2O2. The van der Waals surface area contributed by atoms with Gasteiger partial charge in [-0.2, -0.15) is 8.78 Å². The third-order valence-corrected chi connectivity index (χ3v) is 5.16. The lowest BCUT2D eigenvalue weighted by Gasteiger charge is -2.31. The third-order valence-electron chi connectivity index (χ3n) is 5.16. The summed E-state index contributed by atoms with van der Waals surface area (Å²) < 4.78 is 34.5. The highest BCUT2D eigenvalue weighted by Gasteiger charge is 2.32. The zero-order valence-electron chi connectivity index (χ0n) is 16.5. The second kappa shape index (κ2) is 10.6. The summed E-state index contributed by atoms with van der Waals surface area (Å²) in [5.41, 5.74) is -0.0999. The van der Waals surface area contributed by atoms with Crippen LogP contribution >= 0.6 is 0 Å². The maximum atomic E-state index is 14.5. The maximum Gasteiger partial charge on any atom is 0.285 e. The van der Waals surface area contributed by atoms with Gasteiger partial charge in [-0.05, 0) is 31.4 Å². The van der Waals surface area contributed by atoms with Gasteiger partial charge in [-0.3, -0.25) is 4.79 Å². The fraction of sp³-hybridized carbons (Fsp3) is 0.667. The number of benzene rings is 1. The van der Waals surface area contributed by atoms with Crippen LogP contribution in [0.25, 0.3) is 0 Å². The number of unbranched alkanes of at least 4 members (excludes halogenated alkanes) is 1. The monoisotopic (exact) mass is 382 g/mol. The fourth-order valence-corrected chi connectivity index (χ4v) is 3.37. The summed E-state index contributed by atoms with van der Waals surface area (Å²) in [4.78, 5) is 14.0. The number of nitrogens with one attached hydrogen (secondary N) is 1. The summed E-state index contributed by atoms with van der Waals surface area (Å²) >= 11 is 0. The lowest BCUT2D eigenvalue weighted by atomic mass is 9.94. The van der Waals surface area contributed by atoms with Gasteiger partial charge >= 0.3 is 0 Å². The van der Waals surface area contributed by atoms with E-state index < -0.39 is 12.5 Å². The fourth-order valence-electron chi connectivity index (χ4n) is 3.37. The van der Waals surface area contributed by atoms with E-state index in [4.69, 9.17) is 4.74 Å². The number of hydrogen-bond donors (Lipinski definition) is 1. The first-order valence-corrected chi connectivity index (χ1v) is 10.0. The molecule has 1 saturated carbocycles. The molecule has 0 aromatic heterocycles. The van der Waals surface area contributed by atoms with E-state index in [0.29, 0.717) is 12.4 Å². The molecule has 1 N–H and O–H groups in total. The van der Waals surface area contributed by atoms with Crippen molar-refractivity contribution >= 4 is 5.91 Å². The second-order valence-electron chi connectivity index (χ2n) is 7.33. The van der Waals surface area contributed by atoms with E-state index in [9.17, 15) is 13.6 Å². The minimum Gasteiger partial charge on any atom is -0.494 e. The van der Waals surface area contributed by atoms with E-state index in [1.165, 1.54) is 18.6 Å². The lowest BCUT2D eigenvalue weighted by molar-refractivity contribution is -0.131. The summed E-state index contributed by atoms with van der Waals surface area (Å²) in [5, 5.41) is 2.63. The molecule has 1 aromatic carbocycles. The van der Waals surface area contributed by atoms with Crippen LogP contribution in [0.1, 0.15) is 57.4 Å². The van der Waals surface area contributed by atoms with Crippen molar-refractivity contribution in [3.05, 3.63) is 29.8 Å². The smallest absolute Gasteiger partial charge is 0.285 e. The highest BCUT2D eigenvalue weighted by Crippen LogP contribution is 2.29. The predicted octanol–water partition coefficient (Wildman–Crippen LogP) is 4.34. The highest BCUT2D eigenvalue weighted by molar-refractivity contribution is 5.78. The molecule has 1 amide bonds. The number of halogens is 2. The molecule has 0 heterocycles. The van der Waals surface area contributed by atoms with Crippen molar-refractivity contribution in [2.75, 3.05) is 26.7 Å². The Kier molecular flexibility index (Phi) is 8.48. The van der Waals surface area contributed by atoms with Gasteiger partial charge in [0.25, 0.3) is 5.92 Å². The van der Waals surface area contributed by atoms with Crippen LogP contribution in [0.4, 0.5) is 8.78 Å². The van der Waals surface area contributed by atoms with E-state index in [2.05, 4.69) is 5.32 Å². The number of ether oxygens (including phenoxy) is 1. The zero-order valence-corrected chi connectivity index (χ0v) is 16.5. The summed E-state index contributed by atoms with van der Waals surface area (Å²) in [6.45, 7) is 1.92. The van der Waals surface area contributed by atoms with Gasteiger partial charge in [-0.15, -0.1) is 0 Å². The van der Waals surface area contributed by atoms with Crippen LogP contribution < -0.4 is 10.1 Å². The Morgan fingerprint density at radius 1 is 1.30 bits per heavy atom. The number of hydrogen-bond acceptors (Lipinski definition) is 3. The molecule has 27 heavy (non-hydrogen) atoms. The molecule has 1 aliphatic carbocycles. The van der Waals surface area contributed by atoms with Crippen LogP contribution in [0, 0.1) is 0 Å². The molecule has 1 aromatic rings. The van der Waals surface area contributed by atoms with E-state index in [0.717, 1.165) is 38.5 Å². The van der Waals surface area contributed by atoms with Crippen molar-refractivity contribution in [2.45, 2.75) is 63.8 Å². The van der Waals surface area contributed by atoms with Gasteiger partial charge in [-0.1, -0.05) is 44.7 Å². The molecule has 1 fully saturated rings. The van der Waals surface area contributed by atoms with Crippen LogP contribution in [0.2, 0.25) is 0 Å². The van der Waals surface area contributed by atoms with E-state index in [1.807, 2.05) is 6.92 Å². The van der Waals surface area contributed by atoms with Crippen molar-refractivity contribution in [1.82, 2.24) is 10.2 Å². The minimum absolute atomic E-state index is 0.0741. The Balaban J connectivity index is 1.83. The largest absolute Gasteiger partial charge is 0.494 e. The van der Waals surface area contributed by atoms with Crippen molar-refractivity contribution < 1.29 is 18.3 Å². The van der Waals surface area contributed by atoms with Gasteiger partial charge in [0.05, 0.1) is 19.7 Å². The molecule has 0 aliphatic heterocycles. The molecule has 6 heteroatoms. The van der Waals surface area contributed by atoms with Gasteiger partial charge < -0.3 is 15.0 Å². The van der Waals surface area contributed by atoms with Crippen LogP contribution in [-0.4, -0.2) is 43.6 Å². The standard InChI is InChI=1S/C21H32F2N2O2/c1-3-4-13-27-19-12-8-9-17(14-19)21(22,23)16-24-15-20(26)25(2)18-10-6-5-7-11-18/h8-9,12,14,18,24H,3-7,10-11,13,15-16H2,1-2H3. The number of nitrogens with zero attached hydrogens (tertiary/aromatic N) is 1. The van der Waals surface area contributed by atoms with Gasteiger partial charge in [0, 0.05) is 18.7 Å². The summed E-state index contributed by atoms with van der Waals surface area (Å²) in [6, 6.07) is 6.28. The van der Waals surface area contributed by atoms with E-state index in [-0.39, 0.29) is 24.1 Å². The average molecular weight is 382 g/mol. The topological polar surface area (TPSA) is 41.6 Å². The first-order valence-electron chi connectivity index (χ1n) is 10.0. The molecule has 4 nitrogen and oxygen atoms in total. The molecule has 0 bridgehead atoms. The summed E-state index contributed by atoms with van der Waals surface area (Å²) in [6.07, 6.45) is 7.35. The van der Waals surface area contributed by atoms with Crippen molar-refractivity contribution in [3.63, 3.8) is 0 Å². The number of alkyl halides is 2. The SMILES string of the molecule is CCCCOc1cccc(C(F)(F)CNCC(=O)N(C)C2CCCCC2)c1. The predicted molar refractivity (Wildman–Crippen MR) is 103 cm³/mol. The molecular weight excluding hydrogens is 350 g/mol. The normalized spacial score (nSPS) is 15.6. The number of rotatable bonds is 10. The van der Waals surface area contributed by atoms with Gasteiger partial charge in [0.1, 0.15) is 5.75 Å². The van der Waals surface area contributed by atoms with Crippen molar-refractivity contribution in [2.24, 2.45) is 0 Å². The molecule has 0 atom stereocenters. The highest BCUT2D eigenvalue weighted by atomic mass is 19.3. The average Bonchev–Trinajstić information content (AvgIpc) is 2.68. The molecule has 0 unspecified atom stereocenters. The van der Waals surface area contributed by atoms with Gasteiger partial charge in [0.2, 0.25) is 5.91 Å². The van der Waals surface area contributed by atoms with Crippen LogP contribution in [-0.2, 0) is 10.7 Å². The van der Waals surface area contributed by atoms with Crippen molar-refractivity contribution in [1.29, 1.82) is 0 Å². The van der Waals surface area contributed by atoms with Gasteiger partial charge in [0.15, 0.2) is 0 Å². The van der Waals surface area contributed by atoms with Crippen LogP contribution in [0.5, 0.6) is 5.75 Å². The number of amides is 1. The number of carbonyl (C=O) groups excluding carboxylic acids is 1. The first kappa shape index (κ1) is 21.6. The Hall–Kier alpha value is -1.69. The van der Waals surface area contributed by atoms with E-state index >= 15 is 0 Å². The summed E-state index contributed by atoms with van der Waals surface area (Å²) in [5.74, 6) is -2.74. The molecule has 0 spiro atoms. The maximum absolute atomic E-state index is 14.5. The van der Waals surface area contributed by atoms with Crippen molar-refractivity contribution in [3.8, 4) is 5.75 Å². The third kappa shape index (κ3) is 6.76. The Morgan fingerprint density at radius 2 is 2.04 bits per heavy atom. The summed E-state index contributed by atoms with van der Waals surface area (Å²) in [7, 11) is 1.77. The van der Waals surface area contributed by atoms with Gasteiger partial charge in [-0.25, -0.2) is 0 Å². The number of likely N-dealkylation sites (N-methyl/N-ethyl adjacent to an activating group) is 1. The molecule has 2 rings (SSSR count). The zero-order chi connectivity index (χ0) is 19.7. The number of carbonyl (C=O) groups is 1. The first-order chi connectivity index (χ1) is 12.9. The second-order valence-corrected chi connectivity index (χ2v) is 7.33. The molecule has 152 valence electrons. The Labute approximate surface area is 161 Å². The Bertz CT molecular complexity index is 589. The molecule has 0 saturated heterocycles. The van der Waals surface area contributed by atoms with Crippen LogP contribution in [0.15, 0.2) is 24.3 Å². The minimum atomic E-state index is -3.06. The van der Waals surface area contributed by atoms with Crippen LogP contribution in [0.3, 0.4) is 0 Å².